The van der Waals surface area contributed by atoms with Gasteiger partial charge in [0, 0.05) is 29.3 Å². The Hall–Kier alpha value is -2.75. The van der Waals surface area contributed by atoms with E-state index in [-0.39, 0.29) is 0 Å². The molecule has 0 spiro atoms. The average molecular weight is 306 g/mol. The second-order valence-corrected chi connectivity index (χ2v) is 5.78. The van der Waals surface area contributed by atoms with Gasteiger partial charge in [0.1, 0.15) is 0 Å². The van der Waals surface area contributed by atoms with Gasteiger partial charge >= 0.3 is 0 Å². The number of para-hydroxylation sites is 1. The fourth-order valence-corrected chi connectivity index (χ4v) is 2.65. The molecule has 0 amide bonds. The second-order valence-electron chi connectivity index (χ2n) is 5.78. The van der Waals surface area contributed by atoms with Crippen molar-refractivity contribution in [1.29, 1.82) is 0 Å². The first kappa shape index (κ1) is 15.2. The van der Waals surface area contributed by atoms with Gasteiger partial charge in [0.15, 0.2) is 0 Å². The van der Waals surface area contributed by atoms with Crippen molar-refractivity contribution < 1.29 is 0 Å². The summed E-state index contributed by atoms with van der Waals surface area (Å²) in [5, 5.41) is 3.39. The van der Waals surface area contributed by atoms with Gasteiger partial charge in [-0.2, -0.15) is 0 Å². The zero-order valence-corrected chi connectivity index (χ0v) is 13.5. The molecule has 0 bridgehead atoms. The Morgan fingerprint density at radius 1 is 1.00 bits per heavy atom. The van der Waals surface area contributed by atoms with E-state index in [1.165, 1.54) is 11.4 Å². The van der Waals surface area contributed by atoms with Crippen LogP contribution in [0.25, 0.3) is 0 Å². The monoisotopic (exact) mass is 306 g/mol. The number of nitrogens with one attached hydrogen (secondary N) is 2. The number of hydrogen-bond donors (Lipinski definition) is 2. The molecular formula is C19H22N4. The molecule has 0 aliphatic rings. The number of hydrogen-bond acceptors (Lipinski definition) is 3. The molecule has 0 radical (unpaired) electrons. The quantitative estimate of drug-likeness (QED) is 0.701. The highest BCUT2D eigenvalue weighted by molar-refractivity contribution is 5.66. The van der Waals surface area contributed by atoms with Crippen molar-refractivity contribution >= 4 is 17.1 Å². The van der Waals surface area contributed by atoms with E-state index in [4.69, 9.17) is 0 Å². The highest BCUT2D eigenvalue weighted by Gasteiger charge is 2.12. The molecule has 2 N–H and O–H groups in total. The number of imidazole rings is 1. The third kappa shape index (κ3) is 3.72. The lowest BCUT2D eigenvalue weighted by molar-refractivity contribution is 0.789. The number of aromatic nitrogens is 2. The SMILES string of the molecule is CC(C)N(c1ccccc1)c1ccc(NCc2cnc[nH]2)cc1. The maximum Gasteiger partial charge on any atom is 0.0922 e. The number of benzene rings is 2. The van der Waals surface area contributed by atoms with Gasteiger partial charge in [-0.1, -0.05) is 18.2 Å². The van der Waals surface area contributed by atoms with Crippen molar-refractivity contribution in [3.63, 3.8) is 0 Å². The normalized spacial score (nSPS) is 10.7. The summed E-state index contributed by atoms with van der Waals surface area (Å²) in [5.74, 6) is 0. The summed E-state index contributed by atoms with van der Waals surface area (Å²) in [7, 11) is 0. The van der Waals surface area contributed by atoms with Crippen molar-refractivity contribution in [3.05, 3.63) is 72.8 Å². The predicted octanol–water partition coefficient (Wildman–Crippen LogP) is 4.57. The van der Waals surface area contributed by atoms with Gasteiger partial charge in [-0.3, -0.25) is 0 Å². The molecule has 0 atom stereocenters. The van der Waals surface area contributed by atoms with Crippen LogP contribution in [0.2, 0.25) is 0 Å². The molecule has 4 heteroatoms. The van der Waals surface area contributed by atoms with Crippen LogP contribution < -0.4 is 10.2 Å². The Kier molecular flexibility index (Phi) is 4.62. The minimum absolute atomic E-state index is 0.390. The van der Waals surface area contributed by atoms with Gasteiger partial charge < -0.3 is 15.2 Å². The van der Waals surface area contributed by atoms with E-state index in [0.717, 1.165) is 17.9 Å². The first-order valence-corrected chi connectivity index (χ1v) is 7.89. The molecule has 0 aliphatic carbocycles. The summed E-state index contributed by atoms with van der Waals surface area (Å²) in [4.78, 5) is 9.45. The van der Waals surface area contributed by atoms with Crippen LogP contribution in [0.4, 0.5) is 17.1 Å². The lowest BCUT2D eigenvalue weighted by Crippen LogP contribution is -2.25. The molecule has 0 aliphatic heterocycles. The van der Waals surface area contributed by atoms with Crippen LogP contribution in [0.15, 0.2) is 67.1 Å². The van der Waals surface area contributed by atoms with Crippen molar-refractivity contribution in [2.75, 3.05) is 10.2 Å². The standard InChI is InChI=1S/C19H22N4/c1-15(2)23(18-6-4-3-5-7-18)19-10-8-16(9-11-19)21-13-17-12-20-14-22-17/h3-12,14-15,21H,13H2,1-2H3,(H,20,22). The number of rotatable bonds is 6. The molecule has 4 nitrogen and oxygen atoms in total. The van der Waals surface area contributed by atoms with E-state index in [1.54, 1.807) is 6.33 Å². The summed E-state index contributed by atoms with van der Waals surface area (Å²) in [6, 6.07) is 19.4. The minimum Gasteiger partial charge on any atom is -0.379 e. The molecule has 1 heterocycles. The Morgan fingerprint density at radius 2 is 1.70 bits per heavy atom. The smallest absolute Gasteiger partial charge is 0.0922 e. The lowest BCUT2D eigenvalue weighted by atomic mass is 10.2. The van der Waals surface area contributed by atoms with Gasteiger partial charge in [0.25, 0.3) is 0 Å². The molecule has 0 saturated heterocycles. The fourth-order valence-electron chi connectivity index (χ4n) is 2.65. The molecule has 118 valence electrons. The number of H-pyrrole nitrogens is 1. The van der Waals surface area contributed by atoms with Crippen LogP contribution in [0, 0.1) is 0 Å². The number of nitrogens with zero attached hydrogens (tertiary/aromatic N) is 2. The summed E-state index contributed by atoms with van der Waals surface area (Å²) < 4.78 is 0. The molecule has 0 saturated carbocycles. The maximum atomic E-state index is 4.02. The Balaban J connectivity index is 1.74. The summed E-state index contributed by atoms with van der Waals surface area (Å²) in [6.45, 7) is 5.15. The molecule has 3 aromatic rings. The first-order chi connectivity index (χ1) is 11.2. The van der Waals surface area contributed by atoms with Gasteiger partial charge in [-0.05, 0) is 50.2 Å². The molecule has 0 fully saturated rings. The highest BCUT2D eigenvalue weighted by Crippen LogP contribution is 2.28. The van der Waals surface area contributed by atoms with Crippen molar-refractivity contribution in [2.45, 2.75) is 26.4 Å². The van der Waals surface area contributed by atoms with E-state index < -0.39 is 0 Å². The topological polar surface area (TPSA) is 44.0 Å². The minimum atomic E-state index is 0.390. The fraction of sp³-hybridized carbons (Fsp3) is 0.211. The van der Waals surface area contributed by atoms with Crippen LogP contribution in [-0.4, -0.2) is 16.0 Å². The molecule has 0 unspecified atom stereocenters. The van der Waals surface area contributed by atoms with E-state index in [2.05, 4.69) is 82.6 Å². The molecular weight excluding hydrogens is 284 g/mol. The van der Waals surface area contributed by atoms with E-state index in [1.807, 2.05) is 12.3 Å². The van der Waals surface area contributed by atoms with Crippen LogP contribution in [0.5, 0.6) is 0 Å². The van der Waals surface area contributed by atoms with Crippen molar-refractivity contribution in [2.24, 2.45) is 0 Å². The zero-order valence-electron chi connectivity index (χ0n) is 13.5. The predicted molar refractivity (Wildman–Crippen MR) is 96.1 cm³/mol. The lowest BCUT2D eigenvalue weighted by Gasteiger charge is -2.29. The second kappa shape index (κ2) is 7.01. The molecule has 2 aromatic carbocycles. The van der Waals surface area contributed by atoms with E-state index in [0.29, 0.717) is 6.04 Å². The van der Waals surface area contributed by atoms with Crippen molar-refractivity contribution in [1.82, 2.24) is 9.97 Å². The maximum absolute atomic E-state index is 4.02. The van der Waals surface area contributed by atoms with Crippen LogP contribution in [0.1, 0.15) is 19.5 Å². The van der Waals surface area contributed by atoms with Gasteiger partial charge in [-0.25, -0.2) is 4.98 Å². The van der Waals surface area contributed by atoms with Gasteiger partial charge in [0.05, 0.1) is 18.6 Å². The first-order valence-electron chi connectivity index (χ1n) is 7.89. The van der Waals surface area contributed by atoms with Crippen molar-refractivity contribution in [3.8, 4) is 0 Å². The zero-order chi connectivity index (χ0) is 16.1. The van der Waals surface area contributed by atoms with Gasteiger partial charge in [0.2, 0.25) is 0 Å². The molecule has 3 rings (SSSR count). The molecule has 1 aromatic heterocycles. The largest absolute Gasteiger partial charge is 0.379 e. The van der Waals surface area contributed by atoms with Gasteiger partial charge in [-0.15, -0.1) is 0 Å². The average Bonchev–Trinajstić information content (AvgIpc) is 3.08. The Labute approximate surface area is 137 Å². The summed E-state index contributed by atoms with van der Waals surface area (Å²) >= 11 is 0. The summed E-state index contributed by atoms with van der Waals surface area (Å²) in [6.07, 6.45) is 3.53. The molecule has 23 heavy (non-hydrogen) atoms. The van der Waals surface area contributed by atoms with E-state index >= 15 is 0 Å². The Morgan fingerprint density at radius 3 is 2.30 bits per heavy atom. The number of aromatic amines is 1. The number of anilines is 3. The van der Waals surface area contributed by atoms with Crippen LogP contribution in [-0.2, 0) is 6.54 Å². The van der Waals surface area contributed by atoms with E-state index in [9.17, 15) is 0 Å². The third-order valence-electron chi connectivity index (χ3n) is 3.73. The summed E-state index contributed by atoms with van der Waals surface area (Å²) in [5.41, 5.74) is 4.57. The third-order valence-corrected chi connectivity index (χ3v) is 3.73. The Bertz CT molecular complexity index is 703. The highest BCUT2D eigenvalue weighted by atomic mass is 15.2. The van der Waals surface area contributed by atoms with Crippen LogP contribution in [0.3, 0.4) is 0 Å². The van der Waals surface area contributed by atoms with Crippen LogP contribution >= 0.6 is 0 Å².